The first-order valence-electron chi connectivity index (χ1n) is 13.5. The van der Waals surface area contributed by atoms with Crippen molar-refractivity contribution in [1.82, 2.24) is 26.1 Å². The van der Waals surface area contributed by atoms with Crippen molar-refractivity contribution in [2.24, 2.45) is 5.84 Å². The van der Waals surface area contributed by atoms with Gasteiger partial charge in [0.1, 0.15) is 5.60 Å². The van der Waals surface area contributed by atoms with Crippen LogP contribution in [0.15, 0.2) is 60.7 Å². The highest BCUT2D eigenvalue weighted by Gasteiger charge is 2.22. The van der Waals surface area contributed by atoms with E-state index in [1.165, 1.54) is 30.5 Å². The van der Waals surface area contributed by atoms with Gasteiger partial charge in [0, 0.05) is 38.3 Å². The van der Waals surface area contributed by atoms with E-state index < -0.39 is 11.7 Å². The van der Waals surface area contributed by atoms with E-state index in [-0.39, 0.29) is 25.9 Å². The average Bonchev–Trinajstić information content (AvgIpc) is 2.88. The lowest BCUT2D eigenvalue weighted by atomic mass is 10.1. The number of amides is 1. The first kappa shape index (κ1) is 34.8. The third-order valence-corrected chi connectivity index (χ3v) is 6.52. The minimum Gasteiger partial charge on any atom is -0.443 e. The highest BCUT2D eigenvalue weighted by atomic mass is 35.5. The molecule has 0 aromatic heterocycles. The van der Waals surface area contributed by atoms with Gasteiger partial charge < -0.3 is 4.74 Å². The number of benzene rings is 2. The van der Waals surface area contributed by atoms with Crippen LogP contribution in [-0.4, -0.2) is 59.8 Å². The van der Waals surface area contributed by atoms with Gasteiger partial charge in [-0.3, -0.25) is 26.5 Å². The van der Waals surface area contributed by atoms with E-state index in [4.69, 9.17) is 10.6 Å². The Hall–Kier alpha value is -2.20. The van der Waals surface area contributed by atoms with Crippen LogP contribution < -0.4 is 22.1 Å². The molecule has 8 nitrogen and oxygen atoms in total. The summed E-state index contributed by atoms with van der Waals surface area (Å²) in [4.78, 5) is 16.5. The number of hydrogen-bond donors (Lipinski definition) is 4. The number of hydrazine groups is 2. The topological polar surface area (TPSA) is 94.9 Å². The molecule has 220 valence electrons. The zero-order chi connectivity index (χ0) is 26.5. The standard InChI is InChI=1S/C17H27N3O2.C12H19N3.CH4.ClH/c1-17(2,3)22-16(21)19-18-15-10-7-11-20(13-15)12-14-8-5-4-6-9-14;13-14-12-7-4-8-15(10-12)9-11-5-2-1-3-6-11;;/h4-6,8-9,15,18H,7,10-13H2,1-3H3,(H,19,21);1-3,5-6,12,14H,4,7-10,13H2;1H4;1H. The Morgan fingerprint density at radius 3 is 1.79 bits per heavy atom. The molecule has 2 aromatic carbocycles. The maximum absolute atomic E-state index is 11.7. The van der Waals surface area contributed by atoms with Crippen molar-refractivity contribution < 1.29 is 9.53 Å². The zero-order valence-electron chi connectivity index (χ0n) is 23.2. The Morgan fingerprint density at radius 2 is 1.33 bits per heavy atom. The second kappa shape index (κ2) is 18.2. The largest absolute Gasteiger partial charge is 0.443 e. The van der Waals surface area contributed by atoms with Gasteiger partial charge in [-0.05, 0) is 70.7 Å². The number of nitrogens with one attached hydrogen (secondary N) is 3. The van der Waals surface area contributed by atoms with Crippen molar-refractivity contribution in [3.05, 3.63) is 71.8 Å². The van der Waals surface area contributed by atoms with E-state index in [2.05, 4.69) is 80.7 Å². The second-order valence-electron chi connectivity index (χ2n) is 11.1. The van der Waals surface area contributed by atoms with Gasteiger partial charge in [0.2, 0.25) is 0 Å². The summed E-state index contributed by atoms with van der Waals surface area (Å²) < 4.78 is 5.23. The Bertz CT molecular complexity index is 913. The number of rotatable bonds is 7. The lowest BCUT2D eigenvalue weighted by molar-refractivity contribution is 0.0471. The fourth-order valence-electron chi connectivity index (χ4n) is 4.80. The molecule has 0 aliphatic carbocycles. The SMILES string of the molecule is C.CC(C)(C)OC(=O)NNC1CCCN(Cc2ccccc2)C1.Cl.NNC1CCCN(Cc2ccccc2)C1. The van der Waals surface area contributed by atoms with Crippen molar-refractivity contribution >= 4 is 18.5 Å². The molecule has 2 heterocycles. The van der Waals surface area contributed by atoms with Gasteiger partial charge in [-0.2, -0.15) is 0 Å². The summed E-state index contributed by atoms with van der Waals surface area (Å²) in [7, 11) is 0. The molecule has 2 aromatic rings. The molecule has 2 unspecified atom stereocenters. The van der Waals surface area contributed by atoms with E-state index in [0.717, 1.165) is 45.6 Å². The molecule has 0 radical (unpaired) electrons. The Kier molecular flexibility index (Phi) is 16.3. The molecule has 0 bridgehead atoms. The average molecular weight is 563 g/mol. The molecule has 0 spiro atoms. The molecule has 1 amide bonds. The molecule has 2 fully saturated rings. The molecular formula is C30H51ClN6O2. The quantitative estimate of drug-likeness (QED) is 0.283. The number of ether oxygens (including phenoxy) is 1. The minimum atomic E-state index is -0.475. The maximum atomic E-state index is 11.7. The summed E-state index contributed by atoms with van der Waals surface area (Å²) in [6.45, 7) is 11.8. The molecule has 2 aliphatic heterocycles. The van der Waals surface area contributed by atoms with Gasteiger partial charge in [-0.15, -0.1) is 12.4 Å². The van der Waals surface area contributed by atoms with Gasteiger partial charge in [-0.1, -0.05) is 68.1 Å². The van der Waals surface area contributed by atoms with Crippen molar-refractivity contribution in [3.63, 3.8) is 0 Å². The van der Waals surface area contributed by atoms with Crippen LogP contribution in [0.1, 0.15) is 65.0 Å². The van der Waals surface area contributed by atoms with E-state index in [0.29, 0.717) is 6.04 Å². The van der Waals surface area contributed by atoms with Gasteiger partial charge in [0.25, 0.3) is 0 Å². The van der Waals surface area contributed by atoms with Crippen molar-refractivity contribution in [3.8, 4) is 0 Å². The smallest absolute Gasteiger partial charge is 0.422 e. The van der Waals surface area contributed by atoms with E-state index in [1.54, 1.807) is 0 Å². The monoisotopic (exact) mass is 562 g/mol. The second-order valence-corrected chi connectivity index (χ2v) is 11.1. The van der Waals surface area contributed by atoms with Crippen molar-refractivity contribution in [2.75, 3.05) is 26.2 Å². The van der Waals surface area contributed by atoms with Gasteiger partial charge in [0.15, 0.2) is 0 Å². The van der Waals surface area contributed by atoms with Crippen LogP contribution in [0.3, 0.4) is 0 Å². The number of hydrogen-bond acceptors (Lipinski definition) is 7. The van der Waals surface area contributed by atoms with Crippen LogP contribution in [0, 0.1) is 0 Å². The third-order valence-electron chi connectivity index (χ3n) is 6.52. The number of piperidine rings is 2. The predicted octanol–water partition coefficient (Wildman–Crippen LogP) is 4.85. The Labute approximate surface area is 242 Å². The maximum Gasteiger partial charge on any atom is 0.422 e. The van der Waals surface area contributed by atoms with Gasteiger partial charge in [0.05, 0.1) is 0 Å². The summed E-state index contributed by atoms with van der Waals surface area (Å²) in [5.74, 6) is 5.48. The number of likely N-dealkylation sites (tertiary alicyclic amines) is 2. The fourth-order valence-corrected chi connectivity index (χ4v) is 4.80. The Morgan fingerprint density at radius 1 is 0.872 bits per heavy atom. The first-order chi connectivity index (χ1) is 17.8. The van der Waals surface area contributed by atoms with Crippen LogP contribution >= 0.6 is 12.4 Å². The summed E-state index contributed by atoms with van der Waals surface area (Å²) >= 11 is 0. The zero-order valence-corrected chi connectivity index (χ0v) is 24.0. The molecule has 5 N–H and O–H groups in total. The first-order valence-corrected chi connectivity index (χ1v) is 13.5. The van der Waals surface area contributed by atoms with Crippen LogP contribution in [0.25, 0.3) is 0 Å². The lowest BCUT2D eigenvalue weighted by Crippen LogP contribution is -2.52. The number of halogens is 1. The highest BCUT2D eigenvalue weighted by molar-refractivity contribution is 5.85. The van der Waals surface area contributed by atoms with E-state index in [1.807, 2.05) is 26.8 Å². The van der Waals surface area contributed by atoms with Gasteiger partial charge in [-0.25, -0.2) is 10.2 Å². The van der Waals surface area contributed by atoms with Crippen LogP contribution in [-0.2, 0) is 17.8 Å². The summed E-state index contributed by atoms with van der Waals surface area (Å²) in [5, 5.41) is 0. The van der Waals surface area contributed by atoms with Crippen LogP contribution in [0.2, 0.25) is 0 Å². The summed E-state index contributed by atoms with van der Waals surface area (Å²) in [5.41, 5.74) is 10.9. The molecular weight excluding hydrogens is 512 g/mol. The molecule has 4 rings (SSSR count). The number of nitrogens with two attached hydrogens (primary N) is 1. The minimum absolute atomic E-state index is 0. The van der Waals surface area contributed by atoms with Crippen LogP contribution in [0.5, 0.6) is 0 Å². The molecule has 9 heteroatoms. The molecule has 39 heavy (non-hydrogen) atoms. The number of carbonyl (C=O) groups excluding carboxylic acids is 1. The molecule has 2 atom stereocenters. The normalized spacial score (nSPS) is 19.9. The summed E-state index contributed by atoms with van der Waals surface area (Å²) in [6, 6.07) is 21.8. The number of nitrogens with zero attached hydrogens (tertiary/aromatic N) is 2. The molecule has 2 saturated heterocycles. The van der Waals surface area contributed by atoms with Crippen molar-refractivity contribution in [2.45, 2.75) is 84.7 Å². The summed E-state index contributed by atoms with van der Waals surface area (Å²) in [6.07, 6.45) is 4.19. The third kappa shape index (κ3) is 14.1. The highest BCUT2D eigenvalue weighted by Crippen LogP contribution is 2.14. The van der Waals surface area contributed by atoms with E-state index in [9.17, 15) is 4.79 Å². The Balaban J connectivity index is 0.000000394. The molecule has 0 saturated carbocycles. The fraction of sp³-hybridized carbons (Fsp3) is 0.567. The van der Waals surface area contributed by atoms with Gasteiger partial charge >= 0.3 is 6.09 Å². The predicted molar refractivity (Wildman–Crippen MR) is 163 cm³/mol. The molecule has 2 aliphatic rings. The number of carbonyl (C=O) groups is 1. The van der Waals surface area contributed by atoms with Crippen molar-refractivity contribution in [1.29, 1.82) is 0 Å². The van der Waals surface area contributed by atoms with Crippen LogP contribution in [0.4, 0.5) is 4.79 Å². The lowest BCUT2D eigenvalue weighted by Gasteiger charge is -2.33. The van der Waals surface area contributed by atoms with E-state index >= 15 is 0 Å².